The summed E-state index contributed by atoms with van der Waals surface area (Å²) >= 11 is 0. The van der Waals surface area contributed by atoms with Crippen molar-refractivity contribution in [2.75, 3.05) is 19.6 Å². The minimum Gasteiger partial charge on any atom is -0.444 e. The quantitative estimate of drug-likeness (QED) is 0.663. The molecule has 2 fully saturated rings. The molecule has 28 heavy (non-hydrogen) atoms. The molecule has 0 aromatic carbocycles. The second kappa shape index (κ2) is 10.1. The van der Waals surface area contributed by atoms with E-state index in [1.165, 1.54) is 0 Å². The molecule has 1 aliphatic carbocycles. The van der Waals surface area contributed by atoms with Crippen molar-refractivity contribution >= 4 is 18.0 Å². The van der Waals surface area contributed by atoms with E-state index in [1.807, 2.05) is 27.7 Å². The molecule has 160 valence electrons. The second-order valence-corrected chi connectivity index (χ2v) is 8.98. The molecule has 0 aromatic heterocycles. The molecule has 0 aromatic rings. The monoisotopic (exact) mass is 396 g/mol. The number of ether oxygens (including phenoxy) is 1. The average molecular weight is 397 g/mol. The zero-order valence-corrected chi connectivity index (χ0v) is 17.7. The molecular formula is C20H36N4O4. The minimum absolute atomic E-state index is 0.191. The highest BCUT2D eigenvalue weighted by molar-refractivity contribution is 5.96. The van der Waals surface area contributed by atoms with Crippen molar-refractivity contribution in [1.82, 2.24) is 20.9 Å². The van der Waals surface area contributed by atoms with Crippen LogP contribution in [0.5, 0.6) is 0 Å². The van der Waals surface area contributed by atoms with Crippen LogP contribution in [0.25, 0.3) is 0 Å². The van der Waals surface area contributed by atoms with Crippen molar-refractivity contribution in [3.05, 3.63) is 0 Å². The number of imide groups is 1. The van der Waals surface area contributed by atoms with Crippen molar-refractivity contribution in [1.29, 1.82) is 0 Å². The molecule has 8 nitrogen and oxygen atoms in total. The zero-order chi connectivity index (χ0) is 20.7. The van der Waals surface area contributed by atoms with Crippen molar-refractivity contribution in [2.24, 2.45) is 5.92 Å². The molecule has 2 aliphatic rings. The molecule has 1 atom stereocenters. The fourth-order valence-corrected chi connectivity index (χ4v) is 3.76. The van der Waals surface area contributed by atoms with Crippen LogP contribution in [0.3, 0.4) is 0 Å². The van der Waals surface area contributed by atoms with E-state index in [4.69, 9.17) is 4.74 Å². The first-order chi connectivity index (χ1) is 13.1. The number of carbonyl (C=O) groups is 3. The van der Waals surface area contributed by atoms with E-state index in [0.717, 1.165) is 51.6 Å². The van der Waals surface area contributed by atoms with Gasteiger partial charge in [0.05, 0.1) is 6.04 Å². The third-order valence-electron chi connectivity index (χ3n) is 5.44. The summed E-state index contributed by atoms with van der Waals surface area (Å²) in [6.45, 7) is 9.45. The lowest BCUT2D eigenvalue weighted by Gasteiger charge is -2.35. The lowest BCUT2D eigenvalue weighted by molar-refractivity contribution is -0.125. The van der Waals surface area contributed by atoms with E-state index < -0.39 is 11.7 Å². The highest BCUT2D eigenvalue weighted by Gasteiger charge is 2.28. The average Bonchev–Trinajstić information content (AvgIpc) is 3.11. The number of urea groups is 1. The van der Waals surface area contributed by atoms with Gasteiger partial charge in [0, 0.05) is 12.6 Å². The summed E-state index contributed by atoms with van der Waals surface area (Å²) in [6, 6.07) is -0.550. The Morgan fingerprint density at radius 3 is 2.25 bits per heavy atom. The van der Waals surface area contributed by atoms with Gasteiger partial charge >= 0.3 is 12.1 Å². The van der Waals surface area contributed by atoms with Gasteiger partial charge < -0.3 is 15.4 Å². The Kier molecular flexibility index (Phi) is 8.10. The zero-order valence-electron chi connectivity index (χ0n) is 17.7. The molecule has 1 heterocycles. The summed E-state index contributed by atoms with van der Waals surface area (Å²) in [7, 11) is 0. The largest absolute Gasteiger partial charge is 0.444 e. The molecule has 0 spiro atoms. The summed E-state index contributed by atoms with van der Waals surface area (Å²) in [5.74, 6) is 0.102. The normalized spacial score (nSPS) is 20.4. The Balaban J connectivity index is 1.66. The molecule has 4 amide bonds. The number of likely N-dealkylation sites (tertiary alicyclic amines) is 1. The van der Waals surface area contributed by atoms with Gasteiger partial charge in [0.1, 0.15) is 5.60 Å². The second-order valence-electron chi connectivity index (χ2n) is 8.98. The first-order valence-corrected chi connectivity index (χ1v) is 10.5. The number of carbonyl (C=O) groups excluding carboxylic acids is 3. The molecule has 1 saturated carbocycles. The van der Waals surface area contributed by atoms with Gasteiger partial charge in [-0.15, -0.1) is 0 Å². The van der Waals surface area contributed by atoms with Gasteiger partial charge in [-0.2, -0.15) is 0 Å². The first kappa shape index (κ1) is 22.5. The van der Waals surface area contributed by atoms with Crippen LogP contribution in [0.2, 0.25) is 0 Å². The Morgan fingerprint density at radius 2 is 1.68 bits per heavy atom. The van der Waals surface area contributed by atoms with Gasteiger partial charge in [-0.05, 0) is 72.4 Å². The van der Waals surface area contributed by atoms with E-state index in [-0.39, 0.29) is 24.0 Å². The maximum Gasteiger partial charge on any atom is 0.407 e. The number of alkyl carbamates (subject to hydrolysis) is 1. The Bertz CT molecular complexity index is 547. The predicted molar refractivity (Wildman–Crippen MR) is 107 cm³/mol. The van der Waals surface area contributed by atoms with Gasteiger partial charge in [-0.3, -0.25) is 15.0 Å². The van der Waals surface area contributed by atoms with Gasteiger partial charge in [-0.25, -0.2) is 9.59 Å². The van der Waals surface area contributed by atoms with Gasteiger partial charge in [0.25, 0.3) is 0 Å². The Hall–Kier alpha value is -1.83. The number of amides is 4. The van der Waals surface area contributed by atoms with E-state index in [2.05, 4.69) is 20.9 Å². The van der Waals surface area contributed by atoms with Crippen molar-refractivity contribution < 1.29 is 19.1 Å². The van der Waals surface area contributed by atoms with Crippen LogP contribution in [0, 0.1) is 5.92 Å². The van der Waals surface area contributed by atoms with Crippen molar-refractivity contribution in [3.8, 4) is 0 Å². The minimum atomic E-state index is -0.500. The number of hydrogen-bond acceptors (Lipinski definition) is 5. The van der Waals surface area contributed by atoms with Crippen LogP contribution in [0.4, 0.5) is 9.59 Å². The number of nitrogens with one attached hydrogen (secondary N) is 3. The third kappa shape index (κ3) is 7.66. The molecule has 1 saturated heterocycles. The molecule has 1 unspecified atom stereocenters. The maximum atomic E-state index is 12.4. The summed E-state index contributed by atoms with van der Waals surface area (Å²) < 4.78 is 5.25. The molecule has 2 rings (SSSR count). The lowest BCUT2D eigenvalue weighted by Crippen LogP contribution is -2.53. The molecule has 1 aliphatic heterocycles. The molecular weight excluding hydrogens is 360 g/mol. The van der Waals surface area contributed by atoms with Crippen molar-refractivity contribution in [2.45, 2.75) is 83.9 Å². The molecule has 3 N–H and O–H groups in total. The third-order valence-corrected chi connectivity index (χ3v) is 5.44. The van der Waals surface area contributed by atoms with Crippen LogP contribution in [0.15, 0.2) is 0 Å². The smallest absolute Gasteiger partial charge is 0.407 e. The molecule has 8 heteroatoms. The molecule has 0 bridgehead atoms. The number of hydrogen-bond donors (Lipinski definition) is 3. The van der Waals surface area contributed by atoms with E-state index in [1.54, 1.807) is 0 Å². The van der Waals surface area contributed by atoms with Crippen LogP contribution < -0.4 is 16.0 Å². The highest BCUT2D eigenvalue weighted by atomic mass is 16.6. The summed E-state index contributed by atoms with van der Waals surface area (Å²) in [6.07, 6.45) is 5.63. The first-order valence-electron chi connectivity index (χ1n) is 10.5. The number of nitrogens with zero attached hydrogens (tertiary/aromatic N) is 1. The maximum absolute atomic E-state index is 12.4. The van der Waals surface area contributed by atoms with E-state index in [9.17, 15) is 14.4 Å². The van der Waals surface area contributed by atoms with Gasteiger partial charge in [0.2, 0.25) is 5.91 Å². The van der Waals surface area contributed by atoms with Crippen LogP contribution >= 0.6 is 0 Å². The number of piperidine rings is 1. The fourth-order valence-electron chi connectivity index (χ4n) is 3.76. The summed E-state index contributed by atoms with van der Waals surface area (Å²) in [4.78, 5) is 38.2. The summed E-state index contributed by atoms with van der Waals surface area (Å²) in [5, 5.41) is 8.17. The Labute approximate surface area is 168 Å². The SMILES string of the molecule is CC(C(=O)NC(=O)NC1CCCC1)N1CCC(CNC(=O)OC(C)(C)C)CC1. The molecule has 0 radical (unpaired) electrons. The standard InChI is InChI=1S/C20H36N4O4/c1-14(17(25)23-18(26)22-16-7-5-6-8-16)24-11-9-15(10-12-24)13-21-19(27)28-20(2,3)4/h14-16H,5-13H2,1-4H3,(H,21,27)(H2,22,23,25,26). The fraction of sp³-hybridized carbons (Fsp3) is 0.850. The van der Waals surface area contributed by atoms with Crippen LogP contribution in [-0.2, 0) is 9.53 Å². The lowest BCUT2D eigenvalue weighted by atomic mass is 9.96. The topological polar surface area (TPSA) is 99.8 Å². The Morgan fingerprint density at radius 1 is 1.07 bits per heavy atom. The van der Waals surface area contributed by atoms with Gasteiger partial charge in [-0.1, -0.05) is 12.8 Å². The van der Waals surface area contributed by atoms with Crippen LogP contribution in [-0.4, -0.2) is 60.3 Å². The van der Waals surface area contributed by atoms with E-state index in [0.29, 0.717) is 12.5 Å². The van der Waals surface area contributed by atoms with E-state index >= 15 is 0 Å². The van der Waals surface area contributed by atoms with Crippen LogP contribution in [0.1, 0.15) is 66.2 Å². The summed E-state index contributed by atoms with van der Waals surface area (Å²) in [5.41, 5.74) is -0.500. The predicted octanol–water partition coefficient (Wildman–Crippen LogP) is 2.38. The number of rotatable bonds is 5. The van der Waals surface area contributed by atoms with Gasteiger partial charge in [0.15, 0.2) is 0 Å². The highest BCUT2D eigenvalue weighted by Crippen LogP contribution is 2.19. The van der Waals surface area contributed by atoms with Crippen molar-refractivity contribution in [3.63, 3.8) is 0 Å².